The number of nitrogens with one attached hydrogen (secondary N) is 1. The molecule has 1 N–H and O–H groups in total. The van der Waals surface area contributed by atoms with E-state index in [9.17, 15) is 13.2 Å². The van der Waals surface area contributed by atoms with E-state index >= 15 is 0 Å². The molecule has 30 heavy (non-hydrogen) atoms. The Morgan fingerprint density at radius 3 is 2.20 bits per heavy atom. The number of rotatable bonds is 8. The van der Waals surface area contributed by atoms with Crippen LogP contribution in [0.2, 0.25) is 0 Å². The van der Waals surface area contributed by atoms with E-state index in [1.165, 1.54) is 24.8 Å². The molecule has 3 rings (SSSR count). The standard InChI is InChI=1S/C23H31N3O3S/c1-19(26(30(2,28)29)22-9-5-3-6-10-22)23(27)24-17-20-11-13-21(14-12-20)18-25-15-7-4-8-16-25/h3,5-6,9-14,19H,4,7-8,15-18H2,1-2H3,(H,24,27)/t19-/m0/s1. The zero-order valence-corrected chi connectivity index (χ0v) is 18.6. The smallest absolute Gasteiger partial charge is 0.243 e. The molecule has 0 saturated carbocycles. The van der Waals surface area contributed by atoms with Gasteiger partial charge >= 0.3 is 0 Å². The summed E-state index contributed by atoms with van der Waals surface area (Å²) in [5.74, 6) is -0.332. The minimum absolute atomic E-state index is 0.332. The van der Waals surface area contributed by atoms with Crippen molar-refractivity contribution < 1.29 is 13.2 Å². The van der Waals surface area contributed by atoms with Crippen LogP contribution in [0.4, 0.5) is 5.69 Å². The number of nitrogens with zero attached hydrogens (tertiary/aromatic N) is 2. The predicted octanol–water partition coefficient (Wildman–Crippen LogP) is 3.14. The van der Waals surface area contributed by atoms with Crippen molar-refractivity contribution in [3.8, 4) is 0 Å². The van der Waals surface area contributed by atoms with E-state index in [0.717, 1.165) is 35.8 Å². The molecule has 1 atom stereocenters. The van der Waals surface area contributed by atoms with Gasteiger partial charge in [0.1, 0.15) is 6.04 Å². The Kier molecular flexibility index (Phi) is 7.50. The normalized spacial score (nSPS) is 16.1. The average molecular weight is 430 g/mol. The summed E-state index contributed by atoms with van der Waals surface area (Å²) in [6.45, 7) is 5.25. The van der Waals surface area contributed by atoms with Crippen LogP contribution >= 0.6 is 0 Å². The van der Waals surface area contributed by atoms with Crippen LogP contribution in [0.25, 0.3) is 0 Å². The number of hydrogen-bond acceptors (Lipinski definition) is 4. The summed E-state index contributed by atoms with van der Waals surface area (Å²) in [5.41, 5.74) is 2.74. The maximum Gasteiger partial charge on any atom is 0.243 e. The number of piperidine rings is 1. The van der Waals surface area contributed by atoms with Gasteiger partial charge in [-0.3, -0.25) is 14.0 Å². The zero-order valence-electron chi connectivity index (χ0n) is 17.8. The predicted molar refractivity (Wildman–Crippen MR) is 121 cm³/mol. The summed E-state index contributed by atoms with van der Waals surface area (Å²) in [7, 11) is -3.60. The third-order valence-electron chi connectivity index (χ3n) is 5.44. The second kappa shape index (κ2) is 10.1. The van der Waals surface area contributed by atoms with Gasteiger partial charge in [0.25, 0.3) is 0 Å². The maximum absolute atomic E-state index is 12.7. The third kappa shape index (κ3) is 6.06. The molecule has 1 aliphatic heterocycles. The summed E-state index contributed by atoms with van der Waals surface area (Å²) >= 11 is 0. The highest BCUT2D eigenvalue weighted by molar-refractivity contribution is 7.92. The van der Waals surface area contributed by atoms with E-state index in [4.69, 9.17) is 0 Å². The van der Waals surface area contributed by atoms with Crippen LogP contribution in [-0.2, 0) is 27.9 Å². The topological polar surface area (TPSA) is 69.7 Å². The number of benzene rings is 2. The second-order valence-corrected chi connectivity index (χ2v) is 9.80. The highest BCUT2D eigenvalue weighted by atomic mass is 32.2. The Labute approximate surface area is 179 Å². The molecule has 1 amide bonds. The van der Waals surface area contributed by atoms with Crippen molar-refractivity contribution in [2.45, 2.75) is 45.3 Å². The Hall–Kier alpha value is -2.38. The summed E-state index contributed by atoms with van der Waals surface area (Å²) in [5, 5.41) is 2.87. The number of carbonyl (C=O) groups is 1. The zero-order chi connectivity index (χ0) is 21.6. The first kappa shape index (κ1) is 22.3. The van der Waals surface area contributed by atoms with Gasteiger partial charge in [-0.25, -0.2) is 8.42 Å². The van der Waals surface area contributed by atoms with Gasteiger partial charge in [0.05, 0.1) is 11.9 Å². The average Bonchev–Trinajstić information content (AvgIpc) is 2.73. The van der Waals surface area contributed by atoms with Crippen LogP contribution in [0.15, 0.2) is 54.6 Å². The van der Waals surface area contributed by atoms with Gasteiger partial charge in [0.15, 0.2) is 0 Å². The monoisotopic (exact) mass is 429 g/mol. The summed E-state index contributed by atoms with van der Waals surface area (Å²) in [6, 6.07) is 16.1. The minimum atomic E-state index is -3.60. The number of amides is 1. The summed E-state index contributed by atoms with van der Waals surface area (Å²) < 4.78 is 25.7. The molecule has 0 radical (unpaired) electrons. The van der Waals surface area contributed by atoms with Crippen molar-refractivity contribution in [3.63, 3.8) is 0 Å². The van der Waals surface area contributed by atoms with Gasteiger partial charge in [0, 0.05) is 13.1 Å². The van der Waals surface area contributed by atoms with Crippen molar-refractivity contribution in [2.24, 2.45) is 0 Å². The molecule has 0 bridgehead atoms. The molecule has 1 saturated heterocycles. The highest BCUT2D eigenvalue weighted by Gasteiger charge is 2.28. The van der Waals surface area contributed by atoms with E-state index < -0.39 is 16.1 Å². The van der Waals surface area contributed by atoms with Crippen molar-refractivity contribution in [1.82, 2.24) is 10.2 Å². The molecule has 0 spiro atoms. The molecule has 7 heteroatoms. The van der Waals surface area contributed by atoms with Crippen molar-refractivity contribution >= 4 is 21.6 Å². The molecule has 0 unspecified atom stereocenters. The second-order valence-electron chi connectivity index (χ2n) is 7.94. The molecule has 0 aliphatic carbocycles. The number of para-hydroxylation sites is 1. The van der Waals surface area contributed by atoms with E-state index in [0.29, 0.717) is 12.2 Å². The van der Waals surface area contributed by atoms with E-state index in [1.54, 1.807) is 31.2 Å². The van der Waals surface area contributed by atoms with Gasteiger partial charge in [0.2, 0.25) is 15.9 Å². The Morgan fingerprint density at radius 2 is 1.60 bits per heavy atom. The molecule has 1 fully saturated rings. The molecule has 1 aliphatic rings. The molecule has 1 heterocycles. The summed E-state index contributed by atoms with van der Waals surface area (Å²) in [6.07, 6.45) is 4.99. The Bertz CT molecular complexity index is 924. The number of likely N-dealkylation sites (tertiary alicyclic amines) is 1. The number of anilines is 1. The Morgan fingerprint density at radius 1 is 1.00 bits per heavy atom. The number of carbonyl (C=O) groups excluding carboxylic acids is 1. The quantitative estimate of drug-likeness (QED) is 0.700. The van der Waals surface area contributed by atoms with Crippen LogP contribution in [-0.4, -0.2) is 44.6 Å². The van der Waals surface area contributed by atoms with Crippen LogP contribution in [0.5, 0.6) is 0 Å². The molecule has 162 valence electrons. The van der Waals surface area contributed by atoms with E-state index in [-0.39, 0.29) is 5.91 Å². The van der Waals surface area contributed by atoms with Gasteiger partial charge < -0.3 is 5.32 Å². The molecule has 0 aromatic heterocycles. The molecule has 2 aromatic carbocycles. The van der Waals surface area contributed by atoms with Crippen molar-refractivity contribution in [1.29, 1.82) is 0 Å². The van der Waals surface area contributed by atoms with Crippen LogP contribution < -0.4 is 9.62 Å². The van der Waals surface area contributed by atoms with Gasteiger partial charge in [-0.15, -0.1) is 0 Å². The maximum atomic E-state index is 12.7. The fourth-order valence-corrected chi connectivity index (χ4v) is 5.03. The van der Waals surface area contributed by atoms with Crippen LogP contribution in [0.1, 0.15) is 37.3 Å². The minimum Gasteiger partial charge on any atom is -0.350 e. The van der Waals surface area contributed by atoms with Gasteiger partial charge in [-0.2, -0.15) is 0 Å². The lowest BCUT2D eigenvalue weighted by Gasteiger charge is -2.28. The van der Waals surface area contributed by atoms with Gasteiger partial charge in [-0.1, -0.05) is 48.9 Å². The number of hydrogen-bond donors (Lipinski definition) is 1. The lowest BCUT2D eigenvalue weighted by Crippen LogP contribution is -2.47. The molecule has 2 aromatic rings. The van der Waals surface area contributed by atoms with Crippen LogP contribution in [0.3, 0.4) is 0 Å². The third-order valence-corrected chi connectivity index (χ3v) is 6.69. The Balaban J connectivity index is 1.58. The van der Waals surface area contributed by atoms with E-state index in [1.807, 2.05) is 18.2 Å². The first-order valence-corrected chi connectivity index (χ1v) is 12.3. The van der Waals surface area contributed by atoms with Gasteiger partial charge in [-0.05, 0) is 56.1 Å². The lowest BCUT2D eigenvalue weighted by atomic mass is 10.1. The fraction of sp³-hybridized carbons (Fsp3) is 0.435. The van der Waals surface area contributed by atoms with Crippen molar-refractivity contribution in [2.75, 3.05) is 23.7 Å². The first-order chi connectivity index (χ1) is 14.3. The summed E-state index contributed by atoms with van der Waals surface area (Å²) in [4.78, 5) is 15.2. The fourth-order valence-electron chi connectivity index (χ4n) is 3.86. The molecular formula is C23H31N3O3S. The largest absolute Gasteiger partial charge is 0.350 e. The van der Waals surface area contributed by atoms with Crippen LogP contribution in [0, 0.1) is 0 Å². The molecule has 6 nitrogen and oxygen atoms in total. The highest BCUT2D eigenvalue weighted by Crippen LogP contribution is 2.20. The lowest BCUT2D eigenvalue weighted by molar-refractivity contribution is -0.122. The first-order valence-electron chi connectivity index (χ1n) is 10.5. The van der Waals surface area contributed by atoms with E-state index in [2.05, 4.69) is 22.3 Å². The van der Waals surface area contributed by atoms with Crippen molar-refractivity contribution in [3.05, 3.63) is 65.7 Å². The number of sulfonamides is 1. The SMILES string of the molecule is C[C@@H](C(=O)NCc1ccc(CN2CCCCC2)cc1)N(c1ccccc1)S(C)(=O)=O. The molecular weight excluding hydrogens is 398 g/mol.